The highest BCUT2D eigenvalue weighted by molar-refractivity contribution is 5.24. The Bertz CT molecular complexity index is 385. The van der Waals surface area contributed by atoms with Crippen LogP contribution >= 0.6 is 0 Å². The Kier molecular flexibility index (Phi) is 4.82. The molecule has 18 heavy (non-hydrogen) atoms. The average molecular weight is 256 g/mol. The minimum Gasteiger partial charge on any atom is -0.329 e. The summed E-state index contributed by atoms with van der Waals surface area (Å²) >= 11 is 0. The van der Waals surface area contributed by atoms with Crippen molar-refractivity contribution in [2.75, 3.05) is 13.6 Å². The van der Waals surface area contributed by atoms with Crippen molar-refractivity contribution in [3.8, 4) is 0 Å². The number of hydrogen-bond acceptors (Lipinski definition) is 2. The first-order chi connectivity index (χ1) is 8.35. The van der Waals surface area contributed by atoms with Gasteiger partial charge in [0.05, 0.1) is 6.04 Å². The highest BCUT2D eigenvalue weighted by Crippen LogP contribution is 2.30. The normalized spacial score (nSPS) is 14.0. The largest absolute Gasteiger partial charge is 0.329 e. The molecule has 0 radical (unpaired) electrons. The third-order valence-corrected chi connectivity index (χ3v) is 3.84. The van der Waals surface area contributed by atoms with Crippen molar-refractivity contribution in [3.05, 3.63) is 35.4 Å². The molecular formula is C14H22F2N2. The van der Waals surface area contributed by atoms with Crippen molar-refractivity contribution in [1.29, 1.82) is 0 Å². The minimum atomic E-state index is -0.538. The zero-order valence-electron chi connectivity index (χ0n) is 11.5. The first-order valence-corrected chi connectivity index (χ1v) is 6.22. The second-order valence-electron chi connectivity index (χ2n) is 5.16. The Labute approximate surface area is 108 Å². The maximum atomic E-state index is 13.8. The second-order valence-corrected chi connectivity index (χ2v) is 5.16. The van der Waals surface area contributed by atoms with Gasteiger partial charge in [0.1, 0.15) is 11.6 Å². The molecule has 0 aromatic heterocycles. The molecule has 0 saturated heterocycles. The van der Waals surface area contributed by atoms with Crippen molar-refractivity contribution in [1.82, 2.24) is 4.90 Å². The lowest BCUT2D eigenvalue weighted by Crippen LogP contribution is -2.45. The summed E-state index contributed by atoms with van der Waals surface area (Å²) in [5.74, 6) is -1.08. The maximum absolute atomic E-state index is 13.8. The molecule has 1 unspecified atom stereocenters. The number of hydrogen-bond donors (Lipinski definition) is 1. The van der Waals surface area contributed by atoms with Crippen molar-refractivity contribution in [2.45, 2.75) is 38.8 Å². The number of benzene rings is 1. The summed E-state index contributed by atoms with van der Waals surface area (Å²) in [5, 5.41) is 0. The molecule has 1 aromatic rings. The van der Waals surface area contributed by atoms with Crippen LogP contribution in [0.5, 0.6) is 0 Å². The third kappa shape index (κ3) is 2.87. The fourth-order valence-electron chi connectivity index (χ4n) is 1.97. The molecule has 0 fully saturated rings. The standard InChI is InChI=1S/C14H22F2N2/c1-5-14(2,3)18(4)12(9-17)13-10(15)7-6-8-11(13)16/h6-8,12H,5,9,17H2,1-4H3. The average Bonchev–Trinajstić information content (AvgIpc) is 2.33. The third-order valence-electron chi connectivity index (χ3n) is 3.84. The van der Waals surface area contributed by atoms with E-state index >= 15 is 0 Å². The Hall–Kier alpha value is -1.00. The van der Waals surface area contributed by atoms with Crippen LogP contribution in [0.4, 0.5) is 8.78 Å². The minimum absolute atomic E-state index is 0.0593. The first kappa shape index (κ1) is 15.1. The van der Waals surface area contributed by atoms with Gasteiger partial charge in [0.15, 0.2) is 0 Å². The molecule has 0 bridgehead atoms. The van der Waals surface area contributed by atoms with Gasteiger partial charge >= 0.3 is 0 Å². The van der Waals surface area contributed by atoms with Crippen molar-refractivity contribution in [2.24, 2.45) is 5.73 Å². The second kappa shape index (κ2) is 5.76. The van der Waals surface area contributed by atoms with Crippen LogP contribution in [0.3, 0.4) is 0 Å². The lowest BCUT2D eigenvalue weighted by molar-refractivity contribution is 0.0964. The zero-order valence-corrected chi connectivity index (χ0v) is 11.5. The van der Waals surface area contributed by atoms with E-state index in [4.69, 9.17) is 5.73 Å². The Morgan fingerprint density at radius 1 is 1.28 bits per heavy atom. The molecule has 0 spiro atoms. The van der Waals surface area contributed by atoms with Crippen LogP contribution in [0.15, 0.2) is 18.2 Å². The van der Waals surface area contributed by atoms with Gasteiger partial charge in [-0.2, -0.15) is 0 Å². The van der Waals surface area contributed by atoms with E-state index < -0.39 is 17.7 Å². The SMILES string of the molecule is CCC(C)(C)N(C)C(CN)c1c(F)cccc1F. The van der Waals surface area contributed by atoms with Crippen LogP contribution in [-0.4, -0.2) is 24.0 Å². The van der Waals surface area contributed by atoms with E-state index in [-0.39, 0.29) is 17.6 Å². The molecule has 0 amide bonds. The maximum Gasteiger partial charge on any atom is 0.130 e. The van der Waals surface area contributed by atoms with E-state index in [0.29, 0.717) is 0 Å². The van der Waals surface area contributed by atoms with E-state index in [1.807, 2.05) is 32.7 Å². The lowest BCUT2D eigenvalue weighted by Gasteiger charge is -2.40. The van der Waals surface area contributed by atoms with Crippen LogP contribution in [0.25, 0.3) is 0 Å². The van der Waals surface area contributed by atoms with Crippen molar-refractivity contribution >= 4 is 0 Å². The van der Waals surface area contributed by atoms with Crippen molar-refractivity contribution < 1.29 is 8.78 Å². The van der Waals surface area contributed by atoms with Crippen LogP contribution in [-0.2, 0) is 0 Å². The fourth-order valence-corrected chi connectivity index (χ4v) is 1.97. The molecule has 1 atom stereocenters. The molecule has 0 aliphatic rings. The van der Waals surface area contributed by atoms with Gasteiger partial charge in [-0.05, 0) is 39.4 Å². The van der Waals surface area contributed by atoms with Crippen LogP contribution in [0.2, 0.25) is 0 Å². The van der Waals surface area contributed by atoms with E-state index in [1.54, 1.807) is 0 Å². The van der Waals surface area contributed by atoms with Crippen LogP contribution in [0, 0.1) is 11.6 Å². The topological polar surface area (TPSA) is 29.3 Å². The fraction of sp³-hybridized carbons (Fsp3) is 0.571. The molecule has 0 aliphatic carbocycles. The monoisotopic (exact) mass is 256 g/mol. The smallest absolute Gasteiger partial charge is 0.130 e. The summed E-state index contributed by atoms with van der Waals surface area (Å²) in [6.07, 6.45) is 0.871. The summed E-state index contributed by atoms with van der Waals surface area (Å²) < 4.78 is 27.6. The van der Waals surface area contributed by atoms with Gasteiger partial charge in [-0.15, -0.1) is 0 Å². The summed E-state index contributed by atoms with van der Waals surface area (Å²) in [4.78, 5) is 1.94. The molecule has 1 rings (SSSR count). The molecule has 2 nitrogen and oxygen atoms in total. The van der Waals surface area contributed by atoms with Gasteiger partial charge in [-0.1, -0.05) is 13.0 Å². The molecular weight excluding hydrogens is 234 g/mol. The van der Waals surface area contributed by atoms with Crippen LogP contribution < -0.4 is 5.73 Å². The Morgan fingerprint density at radius 2 is 1.78 bits per heavy atom. The lowest BCUT2D eigenvalue weighted by atomic mass is 9.94. The van der Waals surface area contributed by atoms with Gasteiger partial charge < -0.3 is 5.73 Å². The molecule has 0 aliphatic heterocycles. The number of nitrogens with zero attached hydrogens (tertiary/aromatic N) is 1. The predicted octanol–water partition coefficient (Wildman–Crippen LogP) is 3.09. The van der Waals surface area contributed by atoms with E-state index in [1.165, 1.54) is 18.2 Å². The first-order valence-electron chi connectivity index (χ1n) is 6.22. The highest BCUT2D eigenvalue weighted by Gasteiger charge is 2.31. The molecule has 102 valence electrons. The summed E-state index contributed by atoms with van der Waals surface area (Å²) in [6.45, 7) is 6.29. The Morgan fingerprint density at radius 3 is 2.17 bits per heavy atom. The van der Waals surface area contributed by atoms with E-state index in [9.17, 15) is 8.78 Å². The number of nitrogens with two attached hydrogens (primary N) is 1. The molecule has 0 saturated carbocycles. The number of halogens is 2. The van der Waals surface area contributed by atoms with Gasteiger partial charge in [-0.25, -0.2) is 8.78 Å². The number of rotatable bonds is 5. The molecule has 0 heterocycles. The van der Waals surface area contributed by atoms with Gasteiger partial charge in [0, 0.05) is 17.6 Å². The van der Waals surface area contributed by atoms with Crippen LogP contribution in [0.1, 0.15) is 38.8 Å². The van der Waals surface area contributed by atoms with Gasteiger partial charge in [0.2, 0.25) is 0 Å². The highest BCUT2D eigenvalue weighted by atomic mass is 19.1. The quantitative estimate of drug-likeness (QED) is 0.877. The molecule has 1 aromatic carbocycles. The van der Waals surface area contributed by atoms with E-state index in [2.05, 4.69) is 0 Å². The van der Waals surface area contributed by atoms with Crippen molar-refractivity contribution in [3.63, 3.8) is 0 Å². The summed E-state index contributed by atoms with van der Waals surface area (Å²) in [6, 6.07) is 3.45. The summed E-state index contributed by atoms with van der Waals surface area (Å²) in [5.41, 5.74) is 5.61. The van der Waals surface area contributed by atoms with Gasteiger partial charge in [0.25, 0.3) is 0 Å². The Balaban J connectivity index is 3.18. The summed E-state index contributed by atoms with van der Waals surface area (Å²) in [7, 11) is 1.85. The number of likely N-dealkylation sites (N-methyl/N-ethyl adjacent to an activating group) is 1. The van der Waals surface area contributed by atoms with Gasteiger partial charge in [-0.3, -0.25) is 4.90 Å². The van der Waals surface area contributed by atoms with E-state index in [0.717, 1.165) is 6.42 Å². The molecule has 4 heteroatoms. The predicted molar refractivity (Wildman–Crippen MR) is 70.3 cm³/mol. The molecule has 2 N–H and O–H groups in total. The zero-order chi connectivity index (χ0) is 13.9.